The van der Waals surface area contributed by atoms with Crippen molar-refractivity contribution in [3.8, 4) is 0 Å². The lowest BCUT2D eigenvalue weighted by Crippen LogP contribution is -2.39. The van der Waals surface area contributed by atoms with Gasteiger partial charge in [-0.25, -0.2) is 0 Å². The molecule has 1 heterocycles. The van der Waals surface area contributed by atoms with Crippen molar-refractivity contribution in [2.45, 2.75) is 25.7 Å². The van der Waals surface area contributed by atoms with E-state index in [-0.39, 0.29) is 49.3 Å². The molecule has 9 heteroatoms. The number of aliphatic imine (C=N–C) groups is 1. The van der Waals surface area contributed by atoms with Crippen LogP contribution in [-0.2, 0) is 14.4 Å². The average Bonchev–Trinajstić information content (AvgIpc) is 2.97. The molecule has 0 saturated heterocycles. The van der Waals surface area contributed by atoms with Crippen LogP contribution < -0.4 is 11.2 Å². The van der Waals surface area contributed by atoms with Crippen LogP contribution in [0.5, 0.6) is 0 Å². The standard InChI is InChI=1S/C17H25N5O4/c18-21-14(9-19-7-8-23)10-20-17(26)13-3-1-12(2-4-13)11-22-15(24)5-6-16(22)25/h5-6,9,12-13,23H,1-4,7-8,10-11,18H2,(H,20,26)/b19-9?,21-14+. The number of aliphatic hydroxyl groups is 1. The first-order chi connectivity index (χ1) is 12.5. The molecule has 2 rings (SSSR count). The van der Waals surface area contributed by atoms with Crippen LogP contribution in [-0.4, -0.2) is 65.9 Å². The molecule has 142 valence electrons. The highest BCUT2D eigenvalue weighted by Gasteiger charge is 2.31. The SMILES string of the molecule is N/N=C(\C=NCCO)CNC(=O)C1CCC(CN2C(=O)C=CC2=O)CC1. The molecular weight excluding hydrogens is 338 g/mol. The number of hydrogen-bond acceptors (Lipinski definition) is 7. The highest BCUT2D eigenvalue weighted by atomic mass is 16.3. The predicted molar refractivity (Wildman–Crippen MR) is 96.4 cm³/mol. The van der Waals surface area contributed by atoms with Crippen molar-refractivity contribution in [1.29, 1.82) is 0 Å². The second-order valence-corrected chi connectivity index (χ2v) is 6.44. The predicted octanol–water partition coefficient (Wildman–Crippen LogP) is -0.788. The van der Waals surface area contributed by atoms with E-state index in [9.17, 15) is 14.4 Å². The molecule has 9 nitrogen and oxygen atoms in total. The maximum Gasteiger partial charge on any atom is 0.253 e. The van der Waals surface area contributed by atoms with Crippen LogP contribution in [0, 0.1) is 11.8 Å². The van der Waals surface area contributed by atoms with Crippen LogP contribution in [0.4, 0.5) is 0 Å². The fourth-order valence-corrected chi connectivity index (χ4v) is 3.15. The van der Waals surface area contributed by atoms with Gasteiger partial charge in [0.25, 0.3) is 11.8 Å². The first-order valence-corrected chi connectivity index (χ1v) is 8.73. The summed E-state index contributed by atoms with van der Waals surface area (Å²) >= 11 is 0. The minimum absolute atomic E-state index is 0.0600. The number of imide groups is 1. The van der Waals surface area contributed by atoms with Gasteiger partial charge < -0.3 is 16.3 Å². The molecule has 1 saturated carbocycles. The van der Waals surface area contributed by atoms with Crippen molar-refractivity contribution in [1.82, 2.24) is 10.2 Å². The largest absolute Gasteiger partial charge is 0.394 e. The van der Waals surface area contributed by atoms with Gasteiger partial charge in [-0.05, 0) is 31.6 Å². The molecule has 26 heavy (non-hydrogen) atoms. The Balaban J connectivity index is 1.72. The highest BCUT2D eigenvalue weighted by molar-refractivity contribution is 6.31. The van der Waals surface area contributed by atoms with Crippen LogP contribution >= 0.6 is 0 Å². The Bertz CT molecular complexity index is 603. The summed E-state index contributed by atoms with van der Waals surface area (Å²) in [5.74, 6) is 4.82. The Morgan fingerprint density at radius 3 is 2.50 bits per heavy atom. The number of hydrazone groups is 1. The van der Waals surface area contributed by atoms with Gasteiger partial charge in [-0.15, -0.1) is 0 Å². The number of amides is 3. The summed E-state index contributed by atoms with van der Waals surface area (Å²) in [6, 6.07) is 0. The van der Waals surface area contributed by atoms with Gasteiger partial charge in [-0.1, -0.05) is 0 Å². The lowest BCUT2D eigenvalue weighted by Gasteiger charge is -2.30. The van der Waals surface area contributed by atoms with E-state index in [2.05, 4.69) is 15.4 Å². The smallest absolute Gasteiger partial charge is 0.253 e. The second kappa shape index (κ2) is 9.81. The number of carbonyl (C=O) groups excluding carboxylic acids is 3. The fourth-order valence-electron chi connectivity index (χ4n) is 3.15. The maximum atomic E-state index is 12.3. The number of aliphatic hydroxyl groups excluding tert-OH is 1. The molecule has 0 atom stereocenters. The Hall–Kier alpha value is -2.55. The summed E-state index contributed by atoms with van der Waals surface area (Å²) in [5, 5.41) is 15.0. The van der Waals surface area contributed by atoms with Gasteiger partial charge >= 0.3 is 0 Å². The van der Waals surface area contributed by atoms with Gasteiger partial charge in [0.1, 0.15) is 0 Å². The summed E-state index contributed by atoms with van der Waals surface area (Å²) in [6.45, 7) is 0.806. The first kappa shape index (κ1) is 19.8. The average molecular weight is 363 g/mol. The number of rotatable bonds is 8. The number of carbonyl (C=O) groups is 3. The Kier molecular flexibility index (Phi) is 7.46. The van der Waals surface area contributed by atoms with Gasteiger partial charge in [-0.3, -0.25) is 24.3 Å². The normalized spacial score (nSPS) is 23.9. The number of nitrogens with one attached hydrogen (secondary N) is 1. The molecular formula is C17H25N5O4. The van der Waals surface area contributed by atoms with E-state index in [1.165, 1.54) is 23.3 Å². The van der Waals surface area contributed by atoms with E-state index in [0.29, 0.717) is 25.1 Å². The van der Waals surface area contributed by atoms with Gasteiger partial charge in [0.05, 0.1) is 25.4 Å². The van der Waals surface area contributed by atoms with Crippen LogP contribution in [0.3, 0.4) is 0 Å². The molecule has 0 unspecified atom stereocenters. The minimum Gasteiger partial charge on any atom is -0.394 e. The van der Waals surface area contributed by atoms with Crippen LogP contribution in [0.15, 0.2) is 22.2 Å². The van der Waals surface area contributed by atoms with Gasteiger partial charge in [0, 0.05) is 30.8 Å². The van der Waals surface area contributed by atoms with Crippen molar-refractivity contribution in [2.75, 3.05) is 26.2 Å². The summed E-state index contributed by atoms with van der Waals surface area (Å²) < 4.78 is 0. The fraction of sp³-hybridized carbons (Fsp3) is 0.588. The zero-order valence-corrected chi connectivity index (χ0v) is 14.6. The third kappa shape index (κ3) is 5.48. The van der Waals surface area contributed by atoms with Crippen LogP contribution in [0.1, 0.15) is 25.7 Å². The molecule has 1 aliphatic carbocycles. The molecule has 0 spiro atoms. The monoisotopic (exact) mass is 363 g/mol. The van der Waals surface area contributed by atoms with E-state index in [4.69, 9.17) is 10.9 Å². The molecule has 4 N–H and O–H groups in total. The Morgan fingerprint density at radius 2 is 1.92 bits per heavy atom. The first-order valence-electron chi connectivity index (χ1n) is 8.73. The quantitative estimate of drug-likeness (QED) is 0.225. The zero-order valence-electron chi connectivity index (χ0n) is 14.6. The van der Waals surface area contributed by atoms with Crippen molar-refractivity contribution in [3.05, 3.63) is 12.2 Å². The minimum atomic E-state index is -0.258. The molecule has 2 aliphatic rings. The summed E-state index contributed by atoms with van der Waals surface area (Å²) in [4.78, 5) is 40.7. The highest BCUT2D eigenvalue weighted by Crippen LogP contribution is 2.30. The molecule has 1 aliphatic heterocycles. The number of nitrogens with zero attached hydrogens (tertiary/aromatic N) is 3. The summed E-state index contributed by atoms with van der Waals surface area (Å²) in [5.41, 5.74) is 0.430. The second-order valence-electron chi connectivity index (χ2n) is 6.44. The van der Waals surface area contributed by atoms with Crippen LogP contribution in [0.25, 0.3) is 0 Å². The van der Waals surface area contributed by atoms with Crippen molar-refractivity contribution in [3.63, 3.8) is 0 Å². The molecule has 1 fully saturated rings. The van der Waals surface area contributed by atoms with E-state index in [1.54, 1.807) is 0 Å². The summed E-state index contributed by atoms with van der Waals surface area (Å²) in [6.07, 6.45) is 7.05. The maximum absolute atomic E-state index is 12.3. The Labute approximate surface area is 152 Å². The molecule has 0 radical (unpaired) electrons. The molecule has 0 aromatic heterocycles. The van der Waals surface area contributed by atoms with E-state index in [1.807, 2.05) is 0 Å². The van der Waals surface area contributed by atoms with Crippen LogP contribution in [0.2, 0.25) is 0 Å². The third-order valence-corrected chi connectivity index (χ3v) is 4.64. The van der Waals surface area contributed by atoms with E-state index < -0.39 is 0 Å². The van der Waals surface area contributed by atoms with Gasteiger partial charge in [-0.2, -0.15) is 5.10 Å². The number of nitrogens with two attached hydrogens (primary N) is 1. The number of hydrogen-bond donors (Lipinski definition) is 3. The lowest BCUT2D eigenvalue weighted by molar-refractivity contribution is -0.138. The Morgan fingerprint density at radius 1 is 1.27 bits per heavy atom. The van der Waals surface area contributed by atoms with Crippen molar-refractivity contribution in [2.24, 2.45) is 27.8 Å². The molecule has 0 aromatic carbocycles. The van der Waals surface area contributed by atoms with Gasteiger partial charge in [0.2, 0.25) is 5.91 Å². The summed E-state index contributed by atoms with van der Waals surface area (Å²) in [7, 11) is 0. The van der Waals surface area contributed by atoms with Crippen molar-refractivity contribution < 1.29 is 19.5 Å². The van der Waals surface area contributed by atoms with E-state index >= 15 is 0 Å². The molecule has 0 aromatic rings. The van der Waals surface area contributed by atoms with Gasteiger partial charge in [0.15, 0.2) is 0 Å². The van der Waals surface area contributed by atoms with Crippen molar-refractivity contribution >= 4 is 29.6 Å². The molecule has 0 bridgehead atoms. The third-order valence-electron chi connectivity index (χ3n) is 4.64. The van der Waals surface area contributed by atoms with E-state index in [0.717, 1.165) is 12.8 Å². The topological polar surface area (TPSA) is 137 Å². The lowest BCUT2D eigenvalue weighted by atomic mass is 9.81. The zero-order chi connectivity index (χ0) is 18.9. The molecule has 3 amide bonds.